The molecule has 4 heteroatoms. The van der Waals surface area contributed by atoms with Gasteiger partial charge in [-0.1, -0.05) is 0 Å². The van der Waals surface area contributed by atoms with Crippen LogP contribution in [0.15, 0.2) is 22.7 Å². The molecule has 1 aliphatic heterocycles. The van der Waals surface area contributed by atoms with Gasteiger partial charge in [0.05, 0.1) is 7.11 Å². The standard InChI is InChI=1S/C12H13BrN2O/c1-16-8-2-3-10-9(6-8)12(13)11-7-14-4-5-15(10)11/h2-3,6,14H,4-5,7H2,1H3. The molecular formula is C12H13BrN2O. The van der Waals surface area contributed by atoms with Crippen LogP contribution in [0.5, 0.6) is 5.75 Å². The zero-order chi connectivity index (χ0) is 11.1. The Morgan fingerprint density at radius 3 is 3.12 bits per heavy atom. The predicted molar refractivity (Wildman–Crippen MR) is 67.9 cm³/mol. The highest BCUT2D eigenvalue weighted by molar-refractivity contribution is 9.10. The molecule has 0 amide bonds. The van der Waals surface area contributed by atoms with Gasteiger partial charge in [-0.15, -0.1) is 0 Å². The van der Waals surface area contributed by atoms with E-state index in [4.69, 9.17) is 4.74 Å². The van der Waals surface area contributed by atoms with Crippen LogP contribution < -0.4 is 10.1 Å². The first-order valence-electron chi connectivity index (χ1n) is 5.36. The topological polar surface area (TPSA) is 26.2 Å². The summed E-state index contributed by atoms with van der Waals surface area (Å²) in [6.45, 7) is 3.00. The van der Waals surface area contributed by atoms with Gasteiger partial charge in [0.25, 0.3) is 0 Å². The summed E-state index contributed by atoms with van der Waals surface area (Å²) in [6.07, 6.45) is 0. The largest absolute Gasteiger partial charge is 0.497 e. The second-order valence-electron chi connectivity index (χ2n) is 3.97. The van der Waals surface area contributed by atoms with Crippen molar-refractivity contribution in [3.63, 3.8) is 0 Å². The van der Waals surface area contributed by atoms with Gasteiger partial charge in [0.1, 0.15) is 5.75 Å². The summed E-state index contributed by atoms with van der Waals surface area (Å²) in [7, 11) is 1.70. The zero-order valence-electron chi connectivity index (χ0n) is 9.09. The van der Waals surface area contributed by atoms with Crippen LogP contribution in [0, 0.1) is 0 Å². The molecule has 0 atom stereocenters. The average Bonchev–Trinajstić information content (AvgIpc) is 2.64. The van der Waals surface area contributed by atoms with Gasteiger partial charge in [0.2, 0.25) is 0 Å². The molecular weight excluding hydrogens is 268 g/mol. The minimum atomic E-state index is 0.907. The number of aromatic nitrogens is 1. The molecule has 0 fully saturated rings. The van der Waals surface area contributed by atoms with E-state index in [-0.39, 0.29) is 0 Å². The molecule has 3 rings (SSSR count). The van der Waals surface area contributed by atoms with E-state index in [1.807, 2.05) is 6.07 Å². The molecule has 1 aromatic carbocycles. The number of benzene rings is 1. The van der Waals surface area contributed by atoms with Crippen LogP contribution in [0.3, 0.4) is 0 Å². The Kier molecular flexibility index (Phi) is 2.41. The van der Waals surface area contributed by atoms with Crippen LogP contribution in [0.1, 0.15) is 5.69 Å². The van der Waals surface area contributed by atoms with Gasteiger partial charge in [-0.05, 0) is 34.1 Å². The lowest BCUT2D eigenvalue weighted by molar-refractivity contribution is 0.415. The molecule has 0 bridgehead atoms. The maximum absolute atomic E-state index is 5.26. The molecule has 0 saturated heterocycles. The van der Waals surface area contributed by atoms with E-state index >= 15 is 0 Å². The van der Waals surface area contributed by atoms with E-state index in [2.05, 4.69) is 37.9 Å². The fourth-order valence-corrected chi connectivity index (χ4v) is 2.97. The Morgan fingerprint density at radius 2 is 2.31 bits per heavy atom. The maximum atomic E-state index is 5.26. The Bertz CT molecular complexity index is 547. The van der Waals surface area contributed by atoms with Crippen LogP contribution in [0.25, 0.3) is 10.9 Å². The first kappa shape index (κ1) is 10.2. The first-order valence-corrected chi connectivity index (χ1v) is 6.16. The van der Waals surface area contributed by atoms with E-state index in [0.29, 0.717) is 0 Å². The third-order valence-corrected chi connectivity index (χ3v) is 4.00. The fourth-order valence-electron chi connectivity index (χ4n) is 2.30. The first-order chi connectivity index (χ1) is 7.81. The molecule has 0 saturated carbocycles. The van der Waals surface area contributed by atoms with Gasteiger partial charge < -0.3 is 14.6 Å². The minimum absolute atomic E-state index is 0.907. The number of halogens is 1. The van der Waals surface area contributed by atoms with Crippen LogP contribution >= 0.6 is 15.9 Å². The van der Waals surface area contributed by atoms with Crippen molar-refractivity contribution < 1.29 is 4.74 Å². The van der Waals surface area contributed by atoms with Crippen LogP contribution in [0.4, 0.5) is 0 Å². The van der Waals surface area contributed by atoms with Crippen molar-refractivity contribution in [3.05, 3.63) is 28.4 Å². The molecule has 0 unspecified atom stereocenters. The van der Waals surface area contributed by atoms with E-state index in [1.54, 1.807) is 7.11 Å². The average molecular weight is 281 g/mol. The van der Waals surface area contributed by atoms with Crippen molar-refractivity contribution in [2.24, 2.45) is 0 Å². The quantitative estimate of drug-likeness (QED) is 0.869. The molecule has 84 valence electrons. The minimum Gasteiger partial charge on any atom is -0.497 e. The van der Waals surface area contributed by atoms with Crippen molar-refractivity contribution in [2.45, 2.75) is 13.1 Å². The monoisotopic (exact) mass is 280 g/mol. The Hall–Kier alpha value is -1.00. The lowest BCUT2D eigenvalue weighted by Crippen LogP contribution is -2.27. The van der Waals surface area contributed by atoms with Gasteiger partial charge in [-0.25, -0.2) is 0 Å². The predicted octanol–water partition coefficient (Wildman–Crippen LogP) is 2.52. The molecule has 2 heterocycles. The number of hydrogen-bond acceptors (Lipinski definition) is 2. The Labute approximate surface area is 103 Å². The van der Waals surface area contributed by atoms with Crippen LogP contribution in [-0.4, -0.2) is 18.2 Å². The van der Waals surface area contributed by atoms with Crippen molar-refractivity contribution in [3.8, 4) is 5.75 Å². The van der Waals surface area contributed by atoms with Crippen molar-refractivity contribution >= 4 is 26.8 Å². The van der Waals surface area contributed by atoms with E-state index in [1.165, 1.54) is 21.1 Å². The number of hydrogen-bond donors (Lipinski definition) is 1. The van der Waals surface area contributed by atoms with Gasteiger partial charge in [0.15, 0.2) is 0 Å². The second kappa shape index (κ2) is 3.79. The molecule has 0 spiro atoms. The van der Waals surface area contributed by atoms with E-state index < -0.39 is 0 Å². The number of fused-ring (bicyclic) bond motifs is 3. The highest BCUT2D eigenvalue weighted by Crippen LogP contribution is 2.34. The SMILES string of the molecule is COc1ccc2c(c1)c(Br)c1n2CCNC1. The second-order valence-corrected chi connectivity index (χ2v) is 4.77. The summed E-state index contributed by atoms with van der Waals surface area (Å²) in [5.41, 5.74) is 2.61. The lowest BCUT2D eigenvalue weighted by Gasteiger charge is -2.17. The Balaban J connectivity index is 2.30. The summed E-state index contributed by atoms with van der Waals surface area (Å²) in [5, 5.41) is 4.62. The smallest absolute Gasteiger partial charge is 0.119 e. The molecule has 1 aliphatic rings. The molecule has 2 aromatic rings. The molecule has 3 nitrogen and oxygen atoms in total. The van der Waals surface area contributed by atoms with Crippen LogP contribution in [-0.2, 0) is 13.1 Å². The number of nitrogens with zero attached hydrogens (tertiary/aromatic N) is 1. The zero-order valence-corrected chi connectivity index (χ0v) is 10.7. The Morgan fingerprint density at radius 1 is 1.44 bits per heavy atom. The summed E-state index contributed by atoms with van der Waals surface area (Å²) in [4.78, 5) is 0. The fraction of sp³-hybridized carbons (Fsp3) is 0.333. The van der Waals surface area contributed by atoms with E-state index in [0.717, 1.165) is 25.4 Å². The van der Waals surface area contributed by atoms with Gasteiger partial charge in [0, 0.05) is 40.7 Å². The van der Waals surface area contributed by atoms with Crippen molar-refractivity contribution in [1.82, 2.24) is 9.88 Å². The molecule has 16 heavy (non-hydrogen) atoms. The molecule has 1 aromatic heterocycles. The summed E-state index contributed by atoms with van der Waals surface area (Å²) in [5.74, 6) is 0.907. The number of nitrogens with one attached hydrogen (secondary N) is 1. The molecule has 0 radical (unpaired) electrons. The highest BCUT2D eigenvalue weighted by Gasteiger charge is 2.17. The van der Waals surface area contributed by atoms with E-state index in [9.17, 15) is 0 Å². The van der Waals surface area contributed by atoms with Gasteiger partial charge in [-0.3, -0.25) is 0 Å². The number of rotatable bonds is 1. The highest BCUT2D eigenvalue weighted by atomic mass is 79.9. The third-order valence-electron chi connectivity index (χ3n) is 3.11. The molecule has 0 aliphatic carbocycles. The third kappa shape index (κ3) is 1.37. The summed E-state index contributed by atoms with van der Waals surface area (Å²) >= 11 is 3.68. The lowest BCUT2D eigenvalue weighted by atomic mass is 10.2. The number of ether oxygens (including phenoxy) is 1. The van der Waals surface area contributed by atoms with Gasteiger partial charge in [-0.2, -0.15) is 0 Å². The van der Waals surface area contributed by atoms with Crippen molar-refractivity contribution in [1.29, 1.82) is 0 Å². The normalized spacial score (nSPS) is 15.1. The van der Waals surface area contributed by atoms with Crippen molar-refractivity contribution in [2.75, 3.05) is 13.7 Å². The number of methoxy groups -OCH3 is 1. The maximum Gasteiger partial charge on any atom is 0.119 e. The van der Waals surface area contributed by atoms with Gasteiger partial charge >= 0.3 is 0 Å². The summed E-state index contributed by atoms with van der Waals surface area (Å²) in [6, 6.07) is 6.24. The van der Waals surface area contributed by atoms with Crippen LogP contribution in [0.2, 0.25) is 0 Å². The summed E-state index contributed by atoms with van der Waals surface area (Å²) < 4.78 is 8.82. The molecule has 1 N–H and O–H groups in total.